The first-order chi connectivity index (χ1) is 8.90. The van der Waals surface area contributed by atoms with Crippen molar-refractivity contribution >= 4 is 17.3 Å². The number of benzene rings is 1. The van der Waals surface area contributed by atoms with Crippen LogP contribution >= 0.6 is 0 Å². The minimum absolute atomic E-state index is 0.119. The third-order valence-electron chi connectivity index (χ3n) is 2.86. The van der Waals surface area contributed by atoms with Gasteiger partial charge in [0.25, 0.3) is 5.91 Å². The van der Waals surface area contributed by atoms with E-state index in [-0.39, 0.29) is 11.4 Å². The van der Waals surface area contributed by atoms with Crippen molar-refractivity contribution in [3.8, 4) is 0 Å². The van der Waals surface area contributed by atoms with E-state index in [1.54, 1.807) is 27.0 Å². The summed E-state index contributed by atoms with van der Waals surface area (Å²) in [7, 11) is 1.61. The van der Waals surface area contributed by atoms with Gasteiger partial charge in [-0.05, 0) is 31.5 Å². The van der Waals surface area contributed by atoms with Crippen LogP contribution in [0, 0.1) is 19.7 Å². The molecule has 100 valence electrons. The summed E-state index contributed by atoms with van der Waals surface area (Å²) in [5, 5.41) is 6.54. The van der Waals surface area contributed by atoms with Crippen molar-refractivity contribution in [3.63, 3.8) is 0 Å². The van der Waals surface area contributed by atoms with E-state index in [1.807, 2.05) is 0 Å². The lowest BCUT2D eigenvalue weighted by atomic mass is 10.2. The second-order valence-corrected chi connectivity index (χ2v) is 4.41. The molecule has 3 N–H and O–H groups in total. The topological polar surface area (TPSA) is 72.9 Å². The smallest absolute Gasteiger partial charge is 0.276 e. The molecular weight excluding hydrogens is 247 g/mol. The van der Waals surface area contributed by atoms with Crippen LogP contribution in [0.1, 0.15) is 21.7 Å². The average Bonchev–Trinajstić information content (AvgIpc) is 2.57. The number of carbonyl (C=O) groups is 1. The number of nitrogens with two attached hydrogens (primary N) is 1. The predicted molar refractivity (Wildman–Crippen MR) is 71.4 cm³/mol. The summed E-state index contributed by atoms with van der Waals surface area (Å²) in [6.45, 7) is 3.48. The molecule has 1 heterocycles. The molecule has 6 heteroatoms. The van der Waals surface area contributed by atoms with E-state index in [0.717, 1.165) is 5.56 Å². The Labute approximate surface area is 110 Å². The number of amides is 1. The number of rotatable bonds is 2. The number of halogens is 1. The second kappa shape index (κ2) is 4.72. The molecule has 0 fully saturated rings. The Hall–Kier alpha value is -2.37. The zero-order valence-corrected chi connectivity index (χ0v) is 11.0. The number of nitrogens with one attached hydrogen (secondary N) is 1. The Bertz CT molecular complexity index is 648. The van der Waals surface area contributed by atoms with Crippen LogP contribution in [0.25, 0.3) is 0 Å². The van der Waals surface area contributed by atoms with Crippen molar-refractivity contribution in [1.82, 2.24) is 9.78 Å². The Morgan fingerprint density at radius 2 is 2.11 bits per heavy atom. The quantitative estimate of drug-likeness (QED) is 0.869. The molecule has 0 aliphatic rings. The van der Waals surface area contributed by atoms with Crippen LogP contribution in [0.15, 0.2) is 18.2 Å². The van der Waals surface area contributed by atoms with E-state index in [9.17, 15) is 9.18 Å². The van der Waals surface area contributed by atoms with E-state index in [2.05, 4.69) is 10.4 Å². The van der Waals surface area contributed by atoms with Crippen molar-refractivity contribution in [3.05, 3.63) is 41.0 Å². The maximum Gasteiger partial charge on any atom is 0.276 e. The molecule has 0 aliphatic carbocycles. The first-order valence-corrected chi connectivity index (χ1v) is 5.76. The van der Waals surface area contributed by atoms with Crippen LogP contribution < -0.4 is 11.1 Å². The van der Waals surface area contributed by atoms with Gasteiger partial charge in [-0.3, -0.25) is 9.48 Å². The summed E-state index contributed by atoms with van der Waals surface area (Å²) < 4.78 is 15.0. The molecule has 0 aliphatic heterocycles. The second-order valence-electron chi connectivity index (χ2n) is 4.41. The fraction of sp³-hybridized carbons (Fsp3) is 0.231. The summed E-state index contributed by atoms with van der Waals surface area (Å²) in [5.41, 5.74) is 7.77. The zero-order valence-electron chi connectivity index (χ0n) is 11.0. The molecule has 2 aromatic rings. The number of anilines is 2. The van der Waals surface area contributed by atoms with Crippen LogP contribution in [0.4, 0.5) is 15.8 Å². The normalized spacial score (nSPS) is 10.5. The standard InChI is InChI=1S/C13H15FN4O/c1-7-4-5-10(9(14)6-7)16-13(19)12-11(15)8(2)17-18(12)3/h4-6H,15H2,1-3H3,(H,16,19). The fourth-order valence-electron chi connectivity index (χ4n) is 1.85. The van der Waals surface area contributed by atoms with Gasteiger partial charge in [0, 0.05) is 7.05 Å². The number of aromatic nitrogens is 2. The monoisotopic (exact) mass is 262 g/mol. The van der Waals surface area contributed by atoms with Gasteiger partial charge >= 0.3 is 0 Å². The van der Waals surface area contributed by atoms with E-state index in [1.165, 1.54) is 16.8 Å². The molecule has 2 rings (SSSR count). The van der Waals surface area contributed by atoms with Crippen LogP contribution in [-0.4, -0.2) is 15.7 Å². The molecule has 0 unspecified atom stereocenters. The molecule has 1 aromatic heterocycles. The van der Waals surface area contributed by atoms with Crippen molar-refractivity contribution in [2.75, 3.05) is 11.1 Å². The first-order valence-electron chi connectivity index (χ1n) is 5.76. The van der Waals surface area contributed by atoms with Crippen molar-refractivity contribution in [2.24, 2.45) is 7.05 Å². The fourth-order valence-corrected chi connectivity index (χ4v) is 1.85. The number of hydrogen-bond donors (Lipinski definition) is 2. The molecule has 0 saturated heterocycles. The summed E-state index contributed by atoms with van der Waals surface area (Å²) >= 11 is 0. The summed E-state index contributed by atoms with van der Waals surface area (Å²) in [6, 6.07) is 4.59. The van der Waals surface area contributed by atoms with Gasteiger partial charge in [-0.15, -0.1) is 0 Å². The highest BCUT2D eigenvalue weighted by molar-refractivity contribution is 6.06. The van der Waals surface area contributed by atoms with Crippen molar-refractivity contribution in [2.45, 2.75) is 13.8 Å². The van der Waals surface area contributed by atoms with Crippen molar-refractivity contribution < 1.29 is 9.18 Å². The molecule has 1 amide bonds. The van der Waals surface area contributed by atoms with Gasteiger partial charge in [0.15, 0.2) is 0 Å². The van der Waals surface area contributed by atoms with Crippen molar-refractivity contribution in [1.29, 1.82) is 0 Å². The number of nitrogens with zero attached hydrogens (tertiary/aromatic N) is 2. The van der Waals surface area contributed by atoms with Gasteiger partial charge in [0.2, 0.25) is 0 Å². The summed E-state index contributed by atoms with van der Waals surface area (Å²) in [4.78, 5) is 12.1. The summed E-state index contributed by atoms with van der Waals surface area (Å²) in [5.74, 6) is -0.964. The van der Waals surface area contributed by atoms with Gasteiger partial charge in [-0.25, -0.2) is 4.39 Å². The minimum atomic E-state index is -0.483. The zero-order chi connectivity index (χ0) is 14.2. The highest BCUT2D eigenvalue weighted by atomic mass is 19.1. The van der Waals surface area contributed by atoms with E-state index < -0.39 is 11.7 Å². The molecule has 0 atom stereocenters. The van der Waals surface area contributed by atoms with Gasteiger partial charge in [0.05, 0.1) is 17.1 Å². The Morgan fingerprint density at radius 3 is 2.63 bits per heavy atom. The molecule has 0 radical (unpaired) electrons. The van der Waals surface area contributed by atoms with E-state index in [0.29, 0.717) is 11.4 Å². The molecule has 0 bridgehead atoms. The first kappa shape index (κ1) is 13.1. The van der Waals surface area contributed by atoms with Crippen LogP contribution in [0.2, 0.25) is 0 Å². The van der Waals surface area contributed by atoms with Gasteiger partial charge in [-0.2, -0.15) is 5.10 Å². The SMILES string of the molecule is Cc1ccc(NC(=O)c2c(N)c(C)nn2C)c(F)c1. The Kier molecular flexibility index (Phi) is 3.25. The molecule has 0 saturated carbocycles. The predicted octanol–water partition coefficient (Wildman–Crippen LogP) is 2.01. The molecular formula is C13H15FN4O. The molecule has 0 spiro atoms. The third kappa shape index (κ3) is 2.42. The van der Waals surface area contributed by atoms with Gasteiger partial charge in [0.1, 0.15) is 11.5 Å². The maximum absolute atomic E-state index is 13.7. The Morgan fingerprint density at radius 1 is 1.42 bits per heavy atom. The minimum Gasteiger partial charge on any atom is -0.395 e. The maximum atomic E-state index is 13.7. The number of hydrogen-bond acceptors (Lipinski definition) is 3. The van der Waals surface area contributed by atoms with Gasteiger partial charge < -0.3 is 11.1 Å². The lowest BCUT2D eigenvalue weighted by molar-refractivity contribution is 0.101. The van der Waals surface area contributed by atoms with E-state index in [4.69, 9.17) is 5.73 Å². The van der Waals surface area contributed by atoms with Crippen LogP contribution in [-0.2, 0) is 7.05 Å². The van der Waals surface area contributed by atoms with Crippen LogP contribution in [0.5, 0.6) is 0 Å². The lowest BCUT2D eigenvalue weighted by Gasteiger charge is -2.07. The average molecular weight is 262 g/mol. The van der Waals surface area contributed by atoms with E-state index >= 15 is 0 Å². The Balaban J connectivity index is 2.31. The van der Waals surface area contributed by atoms with Crippen LogP contribution in [0.3, 0.4) is 0 Å². The summed E-state index contributed by atoms with van der Waals surface area (Å²) in [6.07, 6.45) is 0. The largest absolute Gasteiger partial charge is 0.395 e. The number of nitrogen functional groups attached to an aromatic ring is 1. The molecule has 19 heavy (non-hydrogen) atoms. The highest BCUT2D eigenvalue weighted by Gasteiger charge is 2.18. The molecule has 5 nitrogen and oxygen atoms in total. The number of aryl methyl sites for hydroxylation is 3. The lowest BCUT2D eigenvalue weighted by Crippen LogP contribution is -2.18. The third-order valence-corrected chi connectivity index (χ3v) is 2.86. The number of carbonyl (C=O) groups excluding carboxylic acids is 1. The highest BCUT2D eigenvalue weighted by Crippen LogP contribution is 2.19. The molecule has 1 aromatic carbocycles. The van der Waals surface area contributed by atoms with Gasteiger partial charge in [-0.1, -0.05) is 6.07 Å².